The van der Waals surface area contributed by atoms with Crippen LogP contribution in [0.15, 0.2) is 34.8 Å². The number of anilines is 1. The van der Waals surface area contributed by atoms with Gasteiger partial charge in [0.15, 0.2) is 17.0 Å². The van der Waals surface area contributed by atoms with Crippen LogP contribution in [0.3, 0.4) is 0 Å². The molecule has 4 aromatic rings. The molecule has 1 unspecified atom stereocenters. The zero-order chi connectivity index (χ0) is 31.3. The number of methoxy groups -OCH3 is 1. The Morgan fingerprint density at radius 3 is 2.49 bits per heavy atom. The molecule has 3 heterocycles. The molecular weight excluding hydrogens is 649 g/mol. The second kappa shape index (κ2) is 11.6. The van der Waals surface area contributed by atoms with Gasteiger partial charge in [-0.15, -0.1) is 11.3 Å². The largest absolute Gasteiger partial charge is 0.497 e. The quantitative estimate of drug-likeness (QED) is 0.209. The summed E-state index contributed by atoms with van der Waals surface area (Å²) in [4.78, 5) is 32.0. The first-order valence-electron chi connectivity index (χ1n) is 13.7. The fourth-order valence-electron chi connectivity index (χ4n) is 5.24. The van der Waals surface area contributed by atoms with Gasteiger partial charge in [0.2, 0.25) is 0 Å². The Bertz CT molecular complexity index is 1710. The number of carbonyl (C=O) groups is 2. The maximum absolute atomic E-state index is 14.2. The van der Waals surface area contributed by atoms with E-state index in [0.29, 0.717) is 33.7 Å². The summed E-state index contributed by atoms with van der Waals surface area (Å²) >= 11 is 4.57. The number of esters is 1. The average molecular weight is 680 g/mol. The van der Waals surface area contributed by atoms with Crippen LogP contribution in [0, 0.1) is 11.3 Å². The topological polar surface area (TPSA) is 94.8 Å². The number of amides is 1. The predicted molar refractivity (Wildman–Crippen MR) is 161 cm³/mol. The van der Waals surface area contributed by atoms with E-state index >= 15 is 0 Å². The molecule has 0 fully saturated rings. The molecule has 5 rings (SSSR count). The van der Waals surface area contributed by atoms with E-state index in [2.05, 4.69) is 52.1 Å². The van der Waals surface area contributed by atoms with E-state index < -0.39 is 23.7 Å². The number of alkyl halides is 3. The standard InChI is InChI=1S/C30H30BrF3N4O4S/c1-6-42-28(40)22-18-12-9-16(29(2,3)4)13-20(18)43-27(22)36-26(39)24-23(31)25-35-19(15-7-10-17(41-5)11-8-15)14-21(30(32,33)34)38(25)37-24/h7-8,10-11,14,16H,6,9,12-13H2,1-5H3,(H,36,39). The van der Waals surface area contributed by atoms with Crippen LogP contribution in [0.4, 0.5) is 18.2 Å². The van der Waals surface area contributed by atoms with Gasteiger partial charge in [-0.2, -0.15) is 18.3 Å². The number of nitrogens with zero attached hydrogens (tertiary/aromatic N) is 3. The molecule has 3 aromatic heterocycles. The van der Waals surface area contributed by atoms with Gasteiger partial charge in [-0.05, 0) is 89.3 Å². The zero-order valence-electron chi connectivity index (χ0n) is 24.2. The van der Waals surface area contributed by atoms with Gasteiger partial charge in [0, 0.05) is 10.4 Å². The van der Waals surface area contributed by atoms with Crippen LogP contribution in [0.25, 0.3) is 16.9 Å². The van der Waals surface area contributed by atoms with Gasteiger partial charge < -0.3 is 14.8 Å². The van der Waals surface area contributed by atoms with Crippen molar-refractivity contribution in [3.63, 3.8) is 0 Å². The fourth-order valence-corrected chi connectivity index (χ4v) is 7.07. The third-order valence-electron chi connectivity index (χ3n) is 7.62. The highest BCUT2D eigenvalue weighted by atomic mass is 79.9. The van der Waals surface area contributed by atoms with Crippen LogP contribution in [-0.2, 0) is 23.8 Å². The number of rotatable bonds is 6. The summed E-state index contributed by atoms with van der Waals surface area (Å²) in [6, 6.07) is 7.30. The van der Waals surface area contributed by atoms with Gasteiger partial charge in [0.25, 0.3) is 5.91 Å². The number of halogens is 4. The number of nitrogens with one attached hydrogen (secondary N) is 1. The number of ether oxygens (including phenoxy) is 2. The lowest BCUT2D eigenvalue weighted by atomic mass is 9.72. The number of thiophene rings is 1. The summed E-state index contributed by atoms with van der Waals surface area (Å²) in [5.41, 5.74) is 0.0638. The Kier molecular flexibility index (Phi) is 8.34. The summed E-state index contributed by atoms with van der Waals surface area (Å²) in [6.07, 6.45) is -2.51. The second-order valence-electron chi connectivity index (χ2n) is 11.3. The van der Waals surface area contributed by atoms with Crippen molar-refractivity contribution >= 4 is 49.8 Å². The van der Waals surface area contributed by atoms with Gasteiger partial charge in [-0.1, -0.05) is 20.8 Å². The number of hydrogen-bond acceptors (Lipinski definition) is 7. The maximum atomic E-state index is 14.2. The Morgan fingerprint density at radius 2 is 1.88 bits per heavy atom. The molecule has 0 radical (unpaired) electrons. The third kappa shape index (κ3) is 6.01. The highest BCUT2D eigenvalue weighted by Crippen LogP contribution is 2.45. The van der Waals surface area contributed by atoms with Crippen molar-refractivity contribution in [3.8, 4) is 17.0 Å². The summed E-state index contributed by atoms with van der Waals surface area (Å²) in [6.45, 7) is 8.38. The minimum absolute atomic E-state index is 0.0161. The van der Waals surface area contributed by atoms with Crippen LogP contribution in [0.5, 0.6) is 5.75 Å². The lowest BCUT2D eigenvalue weighted by Gasteiger charge is -2.33. The minimum atomic E-state index is -4.80. The first-order chi connectivity index (χ1) is 20.2. The maximum Gasteiger partial charge on any atom is 0.433 e. The highest BCUT2D eigenvalue weighted by molar-refractivity contribution is 9.10. The second-order valence-corrected chi connectivity index (χ2v) is 13.2. The summed E-state index contributed by atoms with van der Waals surface area (Å²) < 4.78 is 53.7. The number of hydrogen-bond donors (Lipinski definition) is 1. The predicted octanol–water partition coefficient (Wildman–Crippen LogP) is 7.83. The molecule has 0 aliphatic heterocycles. The first-order valence-corrected chi connectivity index (χ1v) is 15.3. The Hall–Kier alpha value is -3.45. The van der Waals surface area contributed by atoms with Crippen molar-refractivity contribution in [3.05, 3.63) is 62.2 Å². The third-order valence-corrected chi connectivity index (χ3v) is 9.52. The van der Waals surface area contributed by atoms with Gasteiger partial charge in [0.05, 0.1) is 29.4 Å². The minimum Gasteiger partial charge on any atom is -0.497 e. The molecule has 1 N–H and O–H groups in total. The van der Waals surface area contributed by atoms with Crippen molar-refractivity contribution < 1.29 is 32.2 Å². The summed E-state index contributed by atoms with van der Waals surface area (Å²) in [7, 11) is 1.49. The van der Waals surface area contributed by atoms with E-state index in [-0.39, 0.29) is 38.5 Å². The molecule has 13 heteroatoms. The average Bonchev–Trinajstić information content (AvgIpc) is 3.48. The van der Waals surface area contributed by atoms with E-state index in [1.165, 1.54) is 18.4 Å². The van der Waals surface area contributed by atoms with Crippen molar-refractivity contribution in [1.29, 1.82) is 0 Å². The smallest absolute Gasteiger partial charge is 0.433 e. The molecule has 1 amide bonds. The van der Waals surface area contributed by atoms with Crippen LogP contribution in [-0.4, -0.2) is 40.2 Å². The Morgan fingerprint density at radius 1 is 1.19 bits per heavy atom. The lowest BCUT2D eigenvalue weighted by Crippen LogP contribution is -2.26. The van der Waals surface area contributed by atoms with Gasteiger partial charge >= 0.3 is 12.1 Å². The molecule has 0 spiro atoms. The molecule has 1 atom stereocenters. The van der Waals surface area contributed by atoms with Crippen molar-refractivity contribution in [1.82, 2.24) is 14.6 Å². The normalized spacial score (nSPS) is 15.3. The molecule has 1 aromatic carbocycles. The monoisotopic (exact) mass is 678 g/mol. The van der Waals surface area contributed by atoms with Crippen LogP contribution >= 0.6 is 27.3 Å². The molecule has 0 saturated carbocycles. The van der Waals surface area contributed by atoms with Crippen molar-refractivity contribution in [2.24, 2.45) is 11.3 Å². The molecule has 8 nitrogen and oxygen atoms in total. The molecule has 1 aliphatic carbocycles. The van der Waals surface area contributed by atoms with Gasteiger partial charge in [0.1, 0.15) is 10.8 Å². The molecule has 1 aliphatic rings. The van der Waals surface area contributed by atoms with Crippen LogP contribution in [0.2, 0.25) is 0 Å². The lowest BCUT2D eigenvalue weighted by molar-refractivity contribution is -0.142. The first kappa shape index (κ1) is 31.0. The van der Waals surface area contributed by atoms with Crippen LogP contribution < -0.4 is 10.1 Å². The molecule has 0 bridgehead atoms. The fraction of sp³-hybridized carbons (Fsp3) is 0.400. The van der Waals surface area contributed by atoms with E-state index in [9.17, 15) is 22.8 Å². The van der Waals surface area contributed by atoms with Crippen LogP contribution in [0.1, 0.15) is 71.1 Å². The Balaban J connectivity index is 1.56. The van der Waals surface area contributed by atoms with Crippen molar-refractivity contribution in [2.45, 2.75) is 53.1 Å². The van der Waals surface area contributed by atoms with Gasteiger partial charge in [-0.3, -0.25) is 4.79 Å². The zero-order valence-corrected chi connectivity index (χ0v) is 26.6. The SMILES string of the molecule is CCOC(=O)c1c(NC(=O)c2nn3c(C(F)(F)F)cc(-c4ccc(OC)cc4)nc3c2Br)sc2c1CCC(C(C)(C)C)C2. The van der Waals surface area contributed by atoms with E-state index in [1.807, 2.05) is 0 Å². The number of carbonyl (C=O) groups excluding carboxylic acids is 2. The molecule has 0 saturated heterocycles. The highest BCUT2D eigenvalue weighted by Gasteiger charge is 2.38. The van der Waals surface area contributed by atoms with Gasteiger partial charge in [-0.25, -0.2) is 14.3 Å². The molecular formula is C30H30BrF3N4O4S. The number of fused-ring (bicyclic) bond motifs is 2. The van der Waals surface area contributed by atoms with E-state index in [4.69, 9.17) is 9.47 Å². The Labute approximate surface area is 258 Å². The van der Waals surface area contributed by atoms with E-state index in [1.54, 1.807) is 31.2 Å². The molecule has 228 valence electrons. The molecule has 43 heavy (non-hydrogen) atoms. The van der Waals surface area contributed by atoms with E-state index in [0.717, 1.165) is 29.3 Å². The summed E-state index contributed by atoms with van der Waals surface area (Å²) in [5, 5.41) is 7.05. The number of aromatic nitrogens is 3. The van der Waals surface area contributed by atoms with Crippen molar-refractivity contribution in [2.75, 3.05) is 19.0 Å². The number of benzene rings is 1. The summed E-state index contributed by atoms with van der Waals surface area (Å²) in [5.74, 6) is -0.412.